The van der Waals surface area contributed by atoms with Crippen molar-refractivity contribution in [1.29, 1.82) is 0 Å². The van der Waals surface area contributed by atoms with Crippen molar-refractivity contribution in [3.63, 3.8) is 0 Å². The maximum Gasteiger partial charge on any atom is -0.358 e. The number of aryl methyl sites for hydroxylation is 1. The Balaban J connectivity index is 0.000000355. The van der Waals surface area contributed by atoms with Crippen LogP contribution in [0.2, 0.25) is 0 Å². The fourth-order valence-electron chi connectivity index (χ4n) is 5.24. The Kier molecular flexibility index (Phi) is 14.7. The molecule has 0 bridgehead atoms. The molecule has 1 atom stereocenters. The molecule has 0 aromatic heterocycles. The van der Waals surface area contributed by atoms with Crippen molar-refractivity contribution in [2.24, 2.45) is 11.3 Å². The van der Waals surface area contributed by atoms with Crippen LogP contribution in [0.5, 0.6) is 0 Å². The van der Waals surface area contributed by atoms with Gasteiger partial charge < -0.3 is 7.43 Å². The summed E-state index contributed by atoms with van der Waals surface area (Å²) in [5.74, 6) is 0.522. The van der Waals surface area contributed by atoms with Gasteiger partial charge in [-0.1, -0.05) is 125 Å². The number of hydrogen-bond donors (Lipinski definition) is 0. The molecule has 0 heterocycles. The zero-order valence-corrected chi connectivity index (χ0v) is 31.9. The molecule has 0 radical (unpaired) electrons. The Labute approximate surface area is 281 Å². The molecule has 3 aromatic rings. The quantitative estimate of drug-likeness (QED) is 0.180. The molecule has 1 heteroatoms. The summed E-state index contributed by atoms with van der Waals surface area (Å²) < 4.78 is 3.34. The van der Waals surface area contributed by atoms with Crippen LogP contribution in [0.25, 0.3) is 11.1 Å². The molecule has 232 valence electrons. The monoisotopic (exact) mass is 650 g/mol. The third-order valence-electron chi connectivity index (χ3n) is 7.65. The van der Waals surface area contributed by atoms with Gasteiger partial charge in [-0.2, -0.15) is 71.3 Å². The van der Waals surface area contributed by atoms with Crippen LogP contribution in [0.3, 0.4) is 0 Å². The minimum absolute atomic E-state index is 0. The van der Waals surface area contributed by atoms with Gasteiger partial charge in [0.15, 0.2) is 0 Å². The first-order valence-corrected chi connectivity index (χ1v) is 17.1. The van der Waals surface area contributed by atoms with Crippen molar-refractivity contribution < 1.29 is 24.2 Å². The van der Waals surface area contributed by atoms with Crippen LogP contribution in [-0.2, 0) is 41.5 Å². The fourth-order valence-corrected chi connectivity index (χ4v) is 5.24. The van der Waals surface area contributed by atoms with Crippen molar-refractivity contribution in [2.75, 3.05) is 0 Å². The molecule has 0 saturated heterocycles. The number of hydrogen-bond acceptors (Lipinski definition) is 0. The largest absolute Gasteiger partial charge is 0.358 e. The van der Waals surface area contributed by atoms with Crippen molar-refractivity contribution in [3.05, 3.63) is 125 Å². The van der Waals surface area contributed by atoms with Crippen LogP contribution in [-0.4, -0.2) is 4.21 Å². The molecule has 3 aromatic carbocycles. The van der Waals surface area contributed by atoms with E-state index in [4.69, 9.17) is 0 Å². The van der Waals surface area contributed by atoms with Gasteiger partial charge in [-0.3, -0.25) is 6.08 Å². The third kappa shape index (κ3) is 11.1. The maximum absolute atomic E-state index is 3.67. The SMILES string of the molecule is CC(C)(C)c1[c-]c2c(cc1)-c1ccc(C(C)(C)C)cc1C2.CCC1=[C-]C(C)C=C1C(C)(C)C.Cc1cc[c-]cc1.[CH2]=[Zr].[CH3-]. The number of rotatable bonds is 1. The van der Waals surface area contributed by atoms with E-state index in [-0.39, 0.29) is 18.3 Å². The van der Waals surface area contributed by atoms with E-state index in [1.54, 1.807) is 0 Å². The van der Waals surface area contributed by atoms with Gasteiger partial charge in [0.1, 0.15) is 0 Å². The van der Waals surface area contributed by atoms with Crippen molar-refractivity contribution in [2.45, 2.75) is 107 Å². The zero-order chi connectivity index (χ0) is 31.9. The Morgan fingerprint density at radius 1 is 0.814 bits per heavy atom. The van der Waals surface area contributed by atoms with Crippen LogP contribution < -0.4 is 0 Å². The molecule has 1 unspecified atom stereocenters. The number of benzene rings is 3. The molecule has 0 spiro atoms. The Morgan fingerprint density at radius 2 is 1.40 bits per heavy atom. The van der Waals surface area contributed by atoms with Gasteiger partial charge in [-0.05, 0) is 28.4 Å². The van der Waals surface area contributed by atoms with E-state index in [1.165, 1.54) is 74.3 Å². The van der Waals surface area contributed by atoms with Crippen molar-refractivity contribution in [3.8, 4) is 11.1 Å². The van der Waals surface area contributed by atoms with Gasteiger partial charge in [0.2, 0.25) is 0 Å². The smallest absolute Gasteiger partial charge is 0.358 e. The molecule has 2 aliphatic carbocycles. The molecule has 2 aliphatic rings. The average Bonchev–Trinajstić information content (AvgIpc) is 3.49. The molecule has 0 aliphatic heterocycles. The first kappa shape index (κ1) is 38.9. The maximum atomic E-state index is 3.67. The van der Waals surface area contributed by atoms with Gasteiger partial charge in [-0.15, -0.1) is 11.1 Å². The Hall–Kier alpha value is -2.11. The molecule has 0 amide bonds. The van der Waals surface area contributed by atoms with Crippen LogP contribution in [0.4, 0.5) is 0 Å². The summed E-state index contributed by atoms with van der Waals surface area (Å²) in [5.41, 5.74) is 13.2. The molecule has 0 fully saturated rings. The van der Waals surface area contributed by atoms with Gasteiger partial charge in [0.05, 0.1) is 0 Å². The number of fused-ring (bicyclic) bond motifs is 3. The minimum Gasteiger partial charge on any atom is -0.358 e. The van der Waals surface area contributed by atoms with Crippen molar-refractivity contribution >= 4 is 4.21 Å². The van der Waals surface area contributed by atoms with E-state index < -0.39 is 0 Å². The first-order valence-electron chi connectivity index (χ1n) is 15.3. The molecule has 0 nitrogen and oxygen atoms in total. The average molecular weight is 652 g/mol. The summed E-state index contributed by atoms with van der Waals surface area (Å²) in [4.78, 5) is 0. The van der Waals surface area contributed by atoms with Crippen LogP contribution in [0, 0.1) is 43.9 Å². The molecule has 43 heavy (non-hydrogen) atoms. The number of allylic oxidation sites excluding steroid dienone is 4. The Bertz CT molecular complexity index is 1300. The second-order valence-corrected chi connectivity index (χ2v) is 14.5. The molecular formula is C42H56Zr-4. The first-order chi connectivity index (χ1) is 19.5. The van der Waals surface area contributed by atoms with E-state index in [0.717, 1.165) is 12.8 Å². The van der Waals surface area contributed by atoms with Crippen LogP contribution in [0.15, 0.2) is 71.8 Å². The predicted molar refractivity (Wildman–Crippen MR) is 188 cm³/mol. The van der Waals surface area contributed by atoms with Gasteiger partial charge >= 0.3 is 28.4 Å². The van der Waals surface area contributed by atoms with E-state index >= 15 is 0 Å². The van der Waals surface area contributed by atoms with E-state index in [1.807, 2.05) is 24.3 Å². The van der Waals surface area contributed by atoms with Crippen molar-refractivity contribution in [1.82, 2.24) is 0 Å². The van der Waals surface area contributed by atoms with Gasteiger partial charge in [0, 0.05) is 0 Å². The van der Waals surface area contributed by atoms with Crippen LogP contribution >= 0.6 is 0 Å². The molecule has 5 rings (SSSR count). The summed E-state index contributed by atoms with van der Waals surface area (Å²) in [6, 6.07) is 26.0. The van der Waals surface area contributed by atoms with E-state index in [9.17, 15) is 0 Å². The Morgan fingerprint density at radius 3 is 1.84 bits per heavy atom. The summed E-state index contributed by atoms with van der Waals surface area (Å²) >= 11 is 1.30. The standard InChI is InChI=1S/C21H25.C12H19.C7H7.CH3.CH2.Zr/c1-20(2,3)16-7-9-18-14(12-16)11-15-13-17(21(4,5)6)8-10-19(15)18;1-6-10-7-9(2)8-11(10)12(3,4)5;1-7-5-3-2-4-6-7;;;/h7-10,12H,11H2,1-6H3;8-9H,6H2,1-5H3;3-6H,1H3;1H3;1H2;/q4*-1;;. The molecule has 0 N–H and O–H groups in total. The normalized spacial score (nSPS) is 15.0. The van der Waals surface area contributed by atoms with E-state index in [2.05, 4.69) is 142 Å². The second-order valence-electron chi connectivity index (χ2n) is 14.5. The molecular weight excluding hydrogens is 596 g/mol. The van der Waals surface area contributed by atoms with Crippen LogP contribution in [0.1, 0.15) is 110 Å². The third-order valence-corrected chi connectivity index (χ3v) is 7.65. The second kappa shape index (κ2) is 16.3. The van der Waals surface area contributed by atoms with E-state index in [0.29, 0.717) is 11.3 Å². The van der Waals surface area contributed by atoms with Gasteiger partial charge in [0.25, 0.3) is 0 Å². The fraction of sp³-hybridized carbons (Fsp3) is 0.429. The predicted octanol–water partition coefficient (Wildman–Crippen LogP) is 11.6. The summed E-state index contributed by atoms with van der Waals surface area (Å²) in [6.07, 6.45) is 7.98. The minimum atomic E-state index is 0. The van der Waals surface area contributed by atoms with Gasteiger partial charge in [-0.25, -0.2) is 5.57 Å². The zero-order valence-electron chi connectivity index (χ0n) is 29.5. The topological polar surface area (TPSA) is 0 Å². The summed E-state index contributed by atoms with van der Waals surface area (Å²) in [5, 5.41) is 0. The summed E-state index contributed by atoms with van der Waals surface area (Å²) in [7, 11) is 0. The summed E-state index contributed by atoms with van der Waals surface area (Å²) in [6.45, 7) is 26.9. The molecule has 0 saturated carbocycles.